The summed E-state index contributed by atoms with van der Waals surface area (Å²) in [7, 11) is 0. The van der Waals surface area contributed by atoms with Crippen LogP contribution >= 0.6 is 0 Å². The summed E-state index contributed by atoms with van der Waals surface area (Å²) in [4.78, 5) is 26.1. The van der Waals surface area contributed by atoms with Gasteiger partial charge >= 0.3 is 6.03 Å². The summed E-state index contributed by atoms with van der Waals surface area (Å²) < 4.78 is 2.16. The van der Waals surface area contributed by atoms with Gasteiger partial charge in [-0.05, 0) is 49.4 Å². The monoisotopic (exact) mass is 348 g/mol. The summed E-state index contributed by atoms with van der Waals surface area (Å²) in [6, 6.07) is 14.9. The number of urea groups is 1. The third-order valence-electron chi connectivity index (χ3n) is 4.65. The lowest BCUT2D eigenvalue weighted by Gasteiger charge is -2.15. The molecule has 0 unspecified atom stereocenters. The predicted molar refractivity (Wildman–Crippen MR) is 103 cm³/mol. The van der Waals surface area contributed by atoms with Gasteiger partial charge in [-0.1, -0.05) is 6.07 Å². The lowest BCUT2D eigenvalue weighted by atomic mass is 10.1. The van der Waals surface area contributed by atoms with Gasteiger partial charge in [0.2, 0.25) is 0 Å². The number of hydrogen-bond donors (Lipinski definition) is 2. The van der Waals surface area contributed by atoms with Gasteiger partial charge in [-0.2, -0.15) is 0 Å². The molecule has 0 bridgehead atoms. The van der Waals surface area contributed by atoms with E-state index in [0.29, 0.717) is 18.7 Å². The summed E-state index contributed by atoms with van der Waals surface area (Å²) in [6.45, 7) is 4.23. The first-order chi connectivity index (χ1) is 12.7. The summed E-state index contributed by atoms with van der Waals surface area (Å²) in [5.74, 6) is -0.194. The molecule has 1 aliphatic rings. The molecule has 1 saturated heterocycles. The second kappa shape index (κ2) is 6.55. The van der Waals surface area contributed by atoms with Crippen molar-refractivity contribution < 1.29 is 9.59 Å². The summed E-state index contributed by atoms with van der Waals surface area (Å²) in [5, 5.41) is 6.79. The molecule has 1 aromatic heterocycles. The zero-order valence-electron chi connectivity index (χ0n) is 14.5. The lowest BCUT2D eigenvalue weighted by molar-refractivity contribution is 0.102. The van der Waals surface area contributed by atoms with Crippen LogP contribution < -0.4 is 15.5 Å². The molecule has 132 valence electrons. The van der Waals surface area contributed by atoms with Gasteiger partial charge in [0.1, 0.15) is 0 Å². The highest BCUT2D eigenvalue weighted by Crippen LogP contribution is 2.22. The molecule has 0 saturated carbocycles. The molecule has 3 amide bonds. The zero-order valence-corrected chi connectivity index (χ0v) is 14.5. The van der Waals surface area contributed by atoms with Crippen LogP contribution in [0, 0.1) is 0 Å². The number of aromatic nitrogens is 1. The molecule has 2 heterocycles. The van der Waals surface area contributed by atoms with E-state index in [2.05, 4.69) is 22.1 Å². The quantitative estimate of drug-likeness (QED) is 0.758. The molecular formula is C20H20N4O2. The lowest BCUT2D eigenvalue weighted by Crippen LogP contribution is -2.27. The van der Waals surface area contributed by atoms with Gasteiger partial charge in [-0.15, -0.1) is 0 Å². The highest BCUT2D eigenvalue weighted by molar-refractivity contribution is 6.06. The fraction of sp³-hybridized carbons (Fsp3) is 0.200. The second-order valence-corrected chi connectivity index (χ2v) is 6.26. The topological polar surface area (TPSA) is 66.4 Å². The van der Waals surface area contributed by atoms with Crippen LogP contribution in [0.15, 0.2) is 54.7 Å². The van der Waals surface area contributed by atoms with E-state index >= 15 is 0 Å². The minimum absolute atomic E-state index is 0.131. The molecule has 4 rings (SSSR count). The van der Waals surface area contributed by atoms with E-state index in [1.165, 1.54) is 0 Å². The molecule has 6 heteroatoms. The molecular weight excluding hydrogens is 328 g/mol. The van der Waals surface area contributed by atoms with Crippen molar-refractivity contribution in [2.45, 2.75) is 13.5 Å². The SMILES string of the molecule is CCn1ccc2cc(NC(=O)c3cccc(N4CCNC4=O)c3)ccc21. The summed E-state index contributed by atoms with van der Waals surface area (Å²) in [6.07, 6.45) is 2.04. The summed E-state index contributed by atoms with van der Waals surface area (Å²) in [5.41, 5.74) is 3.14. The van der Waals surface area contributed by atoms with Gasteiger partial charge in [0.25, 0.3) is 5.91 Å². The number of benzene rings is 2. The van der Waals surface area contributed by atoms with Crippen molar-refractivity contribution in [1.29, 1.82) is 0 Å². The molecule has 1 aliphatic heterocycles. The Kier molecular flexibility index (Phi) is 4.08. The molecule has 2 N–H and O–H groups in total. The van der Waals surface area contributed by atoms with Crippen LogP contribution in [0.3, 0.4) is 0 Å². The van der Waals surface area contributed by atoms with E-state index in [4.69, 9.17) is 0 Å². The normalized spacial score (nSPS) is 13.9. The fourth-order valence-electron chi connectivity index (χ4n) is 3.29. The number of hydrogen-bond acceptors (Lipinski definition) is 2. The maximum atomic E-state index is 12.6. The maximum Gasteiger partial charge on any atom is 0.321 e. The standard InChI is InChI=1S/C20H20N4O2/c1-2-23-10-8-14-12-16(6-7-18(14)23)22-19(25)15-4-3-5-17(13-15)24-11-9-21-20(24)26/h3-8,10,12-13H,2,9,11H2,1H3,(H,21,26)(H,22,25). The minimum Gasteiger partial charge on any atom is -0.348 e. The van der Waals surface area contributed by atoms with Crippen molar-refractivity contribution in [3.63, 3.8) is 0 Å². The number of carbonyl (C=O) groups excluding carboxylic acids is 2. The smallest absolute Gasteiger partial charge is 0.321 e. The van der Waals surface area contributed by atoms with Crippen LogP contribution in [0.1, 0.15) is 17.3 Å². The first-order valence-corrected chi connectivity index (χ1v) is 8.71. The van der Waals surface area contributed by atoms with Gasteiger partial charge in [0.05, 0.1) is 0 Å². The third kappa shape index (κ3) is 2.90. The van der Waals surface area contributed by atoms with Gasteiger partial charge in [0.15, 0.2) is 0 Å². The number of aryl methyl sites for hydroxylation is 1. The van der Waals surface area contributed by atoms with E-state index < -0.39 is 0 Å². The predicted octanol–water partition coefficient (Wildman–Crippen LogP) is 3.44. The first-order valence-electron chi connectivity index (χ1n) is 8.71. The van der Waals surface area contributed by atoms with E-state index in [1.807, 2.05) is 36.5 Å². The molecule has 0 radical (unpaired) electrons. The second-order valence-electron chi connectivity index (χ2n) is 6.26. The molecule has 0 aliphatic carbocycles. The van der Waals surface area contributed by atoms with Gasteiger partial charge in [-0.3, -0.25) is 9.69 Å². The van der Waals surface area contributed by atoms with Crippen molar-refractivity contribution in [3.8, 4) is 0 Å². The Bertz CT molecular complexity index is 992. The Hall–Kier alpha value is -3.28. The van der Waals surface area contributed by atoms with Crippen molar-refractivity contribution in [2.75, 3.05) is 23.3 Å². The van der Waals surface area contributed by atoms with Crippen molar-refractivity contribution in [2.24, 2.45) is 0 Å². The van der Waals surface area contributed by atoms with Crippen molar-refractivity contribution in [1.82, 2.24) is 9.88 Å². The van der Waals surface area contributed by atoms with E-state index in [1.54, 1.807) is 23.1 Å². The van der Waals surface area contributed by atoms with E-state index in [9.17, 15) is 9.59 Å². The number of rotatable bonds is 4. The molecule has 3 aromatic rings. The Labute approximate surface area is 151 Å². The van der Waals surface area contributed by atoms with Gasteiger partial charge in [-0.25, -0.2) is 4.79 Å². The number of fused-ring (bicyclic) bond motifs is 1. The Morgan fingerprint density at radius 1 is 1.19 bits per heavy atom. The van der Waals surface area contributed by atoms with E-state index in [-0.39, 0.29) is 11.9 Å². The highest BCUT2D eigenvalue weighted by atomic mass is 16.2. The van der Waals surface area contributed by atoms with Crippen molar-refractivity contribution in [3.05, 3.63) is 60.3 Å². The van der Waals surface area contributed by atoms with Crippen molar-refractivity contribution >= 4 is 34.2 Å². The molecule has 26 heavy (non-hydrogen) atoms. The highest BCUT2D eigenvalue weighted by Gasteiger charge is 2.21. The molecule has 6 nitrogen and oxygen atoms in total. The Morgan fingerprint density at radius 2 is 2.08 bits per heavy atom. The number of amides is 3. The maximum absolute atomic E-state index is 12.6. The number of nitrogens with zero attached hydrogens (tertiary/aromatic N) is 2. The van der Waals surface area contributed by atoms with Gasteiger partial charge < -0.3 is 15.2 Å². The van der Waals surface area contributed by atoms with Crippen LogP contribution in [-0.4, -0.2) is 29.6 Å². The van der Waals surface area contributed by atoms with E-state index in [0.717, 1.165) is 28.8 Å². The van der Waals surface area contributed by atoms with Crippen LogP contribution in [0.25, 0.3) is 10.9 Å². The summed E-state index contributed by atoms with van der Waals surface area (Å²) >= 11 is 0. The number of carbonyl (C=O) groups is 2. The minimum atomic E-state index is -0.194. The average Bonchev–Trinajstić information content (AvgIpc) is 3.27. The molecule has 2 aromatic carbocycles. The number of anilines is 2. The molecule has 1 fully saturated rings. The van der Waals surface area contributed by atoms with Crippen LogP contribution in [0.4, 0.5) is 16.2 Å². The Balaban J connectivity index is 1.55. The zero-order chi connectivity index (χ0) is 18.1. The first kappa shape index (κ1) is 16.2. The average molecular weight is 348 g/mol. The third-order valence-corrected chi connectivity index (χ3v) is 4.65. The van der Waals surface area contributed by atoms with Crippen LogP contribution in [-0.2, 0) is 6.54 Å². The largest absolute Gasteiger partial charge is 0.348 e. The molecule has 0 spiro atoms. The fourth-order valence-corrected chi connectivity index (χ4v) is 3.29. The number of nitrogens with one attached hydrogen (secondary N) is 2. The van der Waals surface area contributed by atoms with Crippen LogP contribution in [0.5, 0.6) is 0 Å². The van der Waals surface area contributed by atoms with Gasteiger partial charge in [0, 0.05) is 53.7 Å². The molecule has 0 atom stereocenters. The Morgan fingerprint density at radius 3 is 2.85 bits per heavy atom. The van der Waals surface area contributed by atoms with Crippen LogP contribution in [0.2, 0.25) is 0 Å².